The molecule has 2 aliphatic rings. The van der Waals surface area contributed by atoms with Gasteiger partial charge in [0.2, 0.25) is 11.8 Å². The molecule has 6 heteroatoms. The Balaban J connectivity index is 1.55. The molecule has 2 fully saturated rings. The first-order valence-corrected chi connectivity index (χ1v) is 10.2. The fourth-order valence-corrected chi connectivity index (χ4v) is 4.35. The van der Waals surface area contributed by atoms with Crippen molar-refractivity contribution in [2.75, 3.05) is 4.90 Å². The van der Waals surface area contributed by atoms with Gasteiger partial charge in [-0.2, -0.15) is 0 Å². The molecule has 1 saturated heterocycles. The number of amides is 2. The fraction of sp³-hybridized carbons (Fsp3) is 0.318. The highest BCUT2D eigenvalue weighted by atomic mass is 79.9. The number of imide groups is 1. The molecule has 0 radical (unpaired) electrons. The smallest absolute Gasteiger partial charge is 0.343 e. The maximum Gasteiger partial charge on any atom is 0.343 e. The Morgan fingerprint density at radius 2 is 1.75 bits per heavy atom. The van der Waals surface area contributed by atoms with E-state index in [1.54, 1.807) is 48.5 Å². The van der Waals surface area contributed by atoms with Crippen LogP contribution in [0.5, 0.6) is 5.75 Å². The SMILES string of the molecule is C[C@H]1CC[C@H]2C(=O)N(c3cccc(OC(=O)c4ccc(Br)cc4)c3)C(=O)[C@@H]2C1. The number of ether oxygens (including phenoxy) is 1. The van der Waals surface area contributed by atoms with Crippen LogP contribution in [-0.4, -0.2) is 17.8 Å². The van der Waals surface area contributed by atoms with Crippen molar-refractivity contribution < 1.29 is 19.1 Å². The van der Waals surface area contributed by atoms with Gasteiger partial charge in [-0.05, 0) is 61.6 Å². The maximum atomic E-state index is 12.9. The molecule has 4 rings (SSSR count). The molecule has 1 heterocycles. The Morgan fingerprint density at radius 1 is 1.04 bits per heavy atom. The summed E-state index contributed by atoms with van der Waals surface area (Å²) in [6, 6.07) is 13.5. The molecule has 0 N–H and O–H groups in total. The van der Waals surface area contributed by atoms with Crippen LogP contribution in [0.4, 0.5) is 5.69 Å². The molecule has 28 heavy (non-hydrogen) atoms. The molecule has 2 aromatic rings. The summed E-state index contributed by atoms with van der Waals surface area (Å²) in [5, 5.41) is 0. The van der Waals surface area contributed by atoms with Crippen molar-refractivity contribution in [2.45, 2.75) is 26.2 Å². The van der Waals surface area contributed by atoms with E-state index in [1.165, 1.54) is 4.90 Å². The number of carbonyl (C=O) groups is 3. The largest absolute Gasteiger partial charge is 0.423 e. The molecular weight excluding hydrogens is 422 g/mol. The molecular formula is C22H20BrNO4. The lowest BCUT2D eigenvalue weighted by atomic mass is 9.76. The Hall–Kier alpha value is -2.47. The van der Waals surface area contributed by atoms with Gasteiger partial charge in [-0.25, -0.2) is 9.69 Å². The van der Waals surface area contributed by atoms with Gasteiger partial charge in [-0.15, -0.1) is 0 Å². The lowest BCUT2D eigenvalue weighted by Gasteiger charge is -2.25. The molecule has 1 saturated carbocycles. The van der Waals surface area contributed by atoms with Gasteiger partial charge >= 0.3 is 5.97 Å². The molecule has 0 spiro atoms. The molecule has 1 aliphatic carbocycles. The van der Waals surface area contributed by atoms with Crippen LogP contribution in [0.1, 0.15) is 36.5 Å². The van der Waals surface area contributed by atoms with Gasteiger partial charge in [-0.3, -0.25) is 9.59 Å². The van der Waals surface area contributed by atoms with Crippen molar-refractivity contribution in [2.24, 2.45) is 17.8 Å². The molecule has 144 valence electrons. The first-order chi connectivity index (χ1) is 13.4. The molecule has 0 bridgehead atoms. The van der Waals surface area contributed by atoms with E-state index < -0.39 is 5.97 Å². The van der Waals surface area contributed by atoms with Crippen molar-refractivity contribution in [1.29, 1.82) is 0 Å². The number of hydrogen-bond donors (Lipinski definition) is 0. The number of fused-ring (bicyclic) bond motifs is 1. The second-order valence-corrected chi connectivity index (χ2v) is 8.45. The number of anilines is 1. The highest BCUT2D eigenvalue weighted by Crippen LogP contribution is 2.42. The van der Waals surface area contributed by atoms with Crippen LogP contribution in [0.2, 0.25) is 0 Å². The van der Waals surface area contributed by atoms with Gasteiger partial charge in [0.15, 0.2) is 0 Å². The molecule has 3 atom stereocenters. The monoisotopic (exact) mass is 441 g/mol. The van der Waals surface area contributed by atoms with E-state index in [0.717, 1.165) is 23.7 Å². The Morgan fingerprint density at radius 3 is 2.50 bits per heavy atom. The number of halogens is 1. The summed E-state index contributed by atoms with van der Waals surface area (Å²) in [5.74, 6) is -0.476. The number of esters is 1. The Bertz CT molecular complexity index is 940. The molecule has 0 aromatic heterocycles. The minimum Gasteiger partial charge on any atom is -0.423 e. The van der Waals surface area contributed by atoms with Crippen LogP contribution in [0, 0.1) is 17.8 Å². The summed E-state index contributed by atoms with van der Waals surface area (Å²) < 4.78 is 6.31. The second-order valence-electron chi connectivity index (χ2n) is 7.54. The fourth-order valence-electron chi connectivity index (χ4n) is 4.08. The second kappa shape index (κ2) is 7.51. The highest BCUT2D eigenvalue weighted by molar-refractivity contribution is 9.10. The maximum absolute atomic E-state index is 12.9. The minimum absolute atomic E-state index is 0.140. The Kier molecular flexibility index (Phi) is 5.06. The third-order valence-corrected chi connectivity index (χ3v) is 6.08. The first-order valence-electron chi connectivity index (χ1n) is 9.39. The zero-order valence-corrected chi connectivity index (χ0v) is 17.0. The number of nitrogens with zero attached hydrogens (tertiary/aromatic N) is 1. The lowest BCUT2D eigenvalue weighted by Crippen LogP contribution is -2.30. The van der Waals surface area contributed by atoms with E-state index in [-0.39, 0.29) is 23.7 Å². The number of carbonyl (C=O) groups excluding carboxylic acids is 3. The quantitative estimate of drug-likeness (QED) is 0.396. The summed E-state index contributed by atoms with van der Waals surface area (Å²) in [5.41, 5.74) is 0.875. The van der Waals surface area contributed by atoms with E-state index in [0.29, 0.717) is 22.9 Å². The predicted molar refractivity (Wildman–Crippen MR) is 108 cm³/mol. The molecule has 2 amide bonds. The number of rotatable bonds is 3. The van der Waals surface area contributed by atoms with Gasteiger partial charge in [0.05, 0.1) is 23.1 Å². The zero-order chi connectivity index (χ0) is 19.8. The van der Waals surface area contributed by atoms with Crippen LogP contribution >= 0.6 is 15.9 Å². The average molecular weight is 442 g/mol. The van der Waals surface area contributed by atoms with Crippen molar-refractivity contribution in [3.8, 4) is 5.75 Å². The predicted octanol–water partition coefficient (Wildman–Crippen LogP) is 4.59. The summed E-state index contributed by atoms with van der Waals surface area (Å²) in [6.45, 7) is 2.12. The van der Waals surface area contributed by atoms with Crippen molar-refractivity contribution in [3.05, 3.63) is 58.6 Å². The van der Waals surface area contributed by atoms with Crippen molar-refractivity contribution in [1.82, 2.24) is 0 Å². The molecule has 1 aliphatic heterocycles. The summed E-state index contributed by atoms with van der Waals surface area (Å²) >= 11 is 3.33. The van der Waals surface area contributed by atoms with E-state index in [2.05, 4.69) is 22.9 Å². The van der Waals surface area contributed by atoms with Gasteiger partial charge in [0.25, 0.3) is 0 Å². The van der Waals surface area contributed by atoms with Gasteiger partial charge in [0.1, 0.15) is 5.75 Å². The minimum atomic E-state index is -0.494. The van der Waals surface area contributed by atoms with Gasteiger partial charge in [-0.1, -0.05) is 28.9 Å². The standard InChI is InChI=1S/C22H20BrNO4/c1-13-5-10-18-19(11-13)21(26)24(20(18)25)16-3-2-4-17(12-16)28-22(27)14-6-8-15(23)9-7-14/h2-4,6-9,12-13,18-19H,5,10-11H2,1H3/t13-,18+,19+/m0/s1. The summed E-state index contributed by atoms with van der Waals surface area (Å²) in [6.07, 6.45) is 2.48. The molecule has 5 nitrogen and oxygen atoms in total. The number of benzene rings is 2. The lowest BCUT2D eigenvalue weighted by molar-refractivity contribution is -0.122. The van der Waals surface area contributed by atoms with Crippen LogP contribution in [-0.2, 0) is 9.59 Å². The Labute approximate surface area is 171 Å². The number of hydrogen-bond acceptors (Lipinski definition) is 4. The van der Waals surface area contributed by atoms with E-state index in [4.69, 9.17) is 4.74 Å². The van der Waals surface area contributed by atoms with Crippen LogP contribution in [0.15, 0.2) is 53.0 Å². The summed E-state index contributed by atoms with van der Waals surface area (Å²) in [7, 11) is 0. The van der Waals surface area contributed by atoms with E-state index in [1.807, 2.05) is 0 Å². The highest BCUT2D eigenvalue weighted by Gasteiger charge is 2.50. The van der Waals surface area contributed by atoms with Gasteiger partial charge < -0.3 is 4.74 Å². The van der Waals surface area contributed by atoms with E-state index in [9.17, 15) is 14.4 Å². The van der Waals surface area contributed by atoms with Crippen molar-refractivity contribution >= 4 is 39.4 Å². The topological polar surface area (TPSA) is 63.7 Å². The normalized spacial score (nSPS) is 24.2. The van der Waals surface area contributed by atoms with Crippen molar-refractivity contribution in [3.63, 3.8) is 0 Å². The third kappa shape index (κ3) is 3.49. The van der Waals surface area contributed by atoms with Gasteiger partial charge in [0, 0.05) is 10.5 Å². The van der Waals surface area contributed by atoms with Crippen LogP contribution in [0.3, 0.4) is 0 Å². The third-order valence-electron chi connectivity index (χ3n) is 5.55. The first kappa shape index (κ1) is 18.9. The van der Waals surface area contributed by atoms with Crippen LogP contribution < -0.4 is 9.64 Å². The molecule has 0 unspecified atom stereocenters. The van der Waals surface area contributed by atoms with Crippen LogP contribution in [0.25, 0.3) is 0 Å². The molecule has 2 aromatic carbocycles. The van der Waals surface area contributed by atoms with E-state index >= 15 is 0 Å². The average Bonchev–Trinajstić information content (AvgIpc) is 2.92. The summed E-state index contributed by atoms with van der Waals surface area (Å²) in [4.78, 5) is 39.3. The zero-order valence-electron chi connectivity index (χ0n) is 15.4.